The Hall–Kier alpha value is -2.27. The third-order valence-electron chi connectivity index (χ3n) is 2.63. The molecule has 0 aromatic carbocycles. The number of nitrogens with zero attached hydrogens (tertiary/aromatic N) is 2. The second kappa shape index (κ2) is 6.61. The molecule has 2 rings (SSSR count). The molecule has 5 nitrogen and oxygen atoms in total. The first-order chi connectivity index (χ1) is 9.31. The molecule has 0 aliphatic carbocycles. The van der Waals surface area contributed by atoms with Crippen molar-refractivity contribution in [2.75, 3.05) is 13.7 Å². The van der Waals surface area contributed by atoms with Gasteiger partial charge in [-0.25, -0.2) is 0 Å². The Morgan fingerprint density at radius 1 is 1.26 bits per heavy atom. The maximum atomic E-state index is 12.1. The van der Waals surface area contributed by atoms with Gasteiger partial charge in [0.2, 0.25) is 0 Å². The minimum atomic E-state index is -0.271. The van der Waals surface area contributed by atoms with Crippen molar-refractivity contribution in [3.05, 3.63) is 60.2 Å². The van der Waals surface area contributed by atoms with Crippen molar-refractivity contribution in [1.29, 1.82) is 0 Å². The number of nitrogens with one attached hydrogen (secondary N) is 1. The van der Waals surface area contributed by atoms with Gasteiger partial charge in [0, 0.05) is 31.3 Å². The fourth-order valence-electron chi connectivity index (χ4n) is 1.69. The first-order valence-corrected chi connectivity index (χ1v) is 5.92. The Morgan fingerprint density at radius 3 is 2.68 bits per heavy atom. The van der Waals surface area contributed by atoms with Crippen LogP contribution in [0.3, 0.4) is 0 Å². The number of ether oxygens (including phenoxy) is 1. The highest BCUT2D eigenvalue weighted by Crippen LogP contribution is 2.11. The summed E-state index contributed by atoms with van der Waals surface area (Å²) in [6.45, 7) is 0.369. The van der Waals surface area contributed by atoms with Crippen LogP contribution in [0, 0.1) is 0 Å². The van der Waals surface area contributed by atoms with Crippen LogP contribution < -0.4 is 5.32 Å². The summed E-state index contributed by atoms with van der Waals surface area (Å²) < 4.78 is 5.13. The number of carbonyl (C=O) groups is 1. The second-order valence-corrected chi connectivity index (χ2v) is 3.97. The van der Waals surface area contributed by atoms with E-state index in [4.69, 9.17) is 4.74 Å². The Labute approximate surface area is 111 Å². The van der Waals surface area contributed by atoms with Crippen LogP contribution in [0.25, 0.3) is 0 Å². The van der Waals surface area contributed by atoms with Gasteiger partial charge >= 0.3 is 0 Å². The predicted molar refractivity (Wildman–Crippen MR) is 70.6 cm³/mol. The highest BCUT2D eigenvalue weighted by atomic mass is 16.5. The van der Waals surface area contributed by atoms with Crippen molar-refractivity contribution in [2.24, 2.45) is 0 Å². The number of aromatic nitrogens is 2. The first-order valence-electron chi connectivity index (χ1n) is 5.92. The number of hydrogen-bond donors (Lipinski definition) is 1. The minimum absolute atomic E-state index is 0.171. The number of amides is 1. The van der Waals surface area contributed by atoms with E-state index >= 15 is 0 Å². The third kappa shape index (κ3) is 3.59. The van der Waals surface area contributed by atoms with Crippen molar-refractivity contribution in [3.8, 4) is 0 Å². The SMILES string of the molecule is COC[C@H](NC(=O)c1ccncc1)c1ccccn1. The fraction of sp³-hybridized carbons (Fsp3) is 0.214. The zero-order valence-corrected chi connectivity index (χ0v) is 10.6. The molecule has 1 N–H and O–H groups in total. The maximum absolute atomic E-state index is 12.1. The van der Waals surface area contributed by atoms with Crippen molar-refractivity contribution in [2.45, 2.75) is 6.04 Å². The Morgan fingerprint density at radius 2 is 2.05 bits per heavy atom. The Kier molecular flexibility index (Phi) is 4.58. The average Bonchev–Trinajstić information content (AvgIpc) is 2.48. The summed E-state index contributed by atoms with van der Waals surface area (Å²) >= 11 is 0. The third-order valence-corrected chi connectivity index (χ3v) is 2.63. The fourth-order valence-corrected chi connectivity index (χ4v) is 1.69. The van der Waals surface area contributed by atoms with Gasteiger partial charge in [0.1, 0.15) is 0 Å². The minimum Gasteiger partial charge on any atom is -0.382 e. The monoisotopic (exact) mass is 257 g/mol. The van der Waals surface area contributed by atoms with Crippen LogP contribution in [0.4, 0.5) is 0 Å². The normalized spacial score (nSPS) is 11.8. The lowest BCUT2D eigenvalue weighted by molar-refractivity contribution is 0.0894. The lowest BCUT2D eigenvalue weighted by Gasteiger charge is -2.17. The molecule has 2 heterocycles. The van der Waals surface area contributed by atoms with E-state index in [9.17, 15) is 4.79 Å². The number of carbonyl (C=O) groups excluding carboxylic acids is 1. The standard InChI is InChI=1S/C14H15N3O2/c1-19-10-13(12-4-2-3-7-16-12)17-14(18)11-5-8-15-9-6-11/h2-9,13H,10H2,1H3,(H,17,18)/t13-/m0/s1. The summed E-state index contributed by atoms with van der Waals surface area (Å²) in [5.41, 5.74) is 1.33. The molecular weight excluding hydrogens is 242 g/mol. The van der Waals surface area contributed by atoms with Crippen molar-refractivity contribution < 1.29 is 9.53 Å². The van der Waals surface area contributed by atoms with Gasteiger partial charge in [0.15, 0.2) is 0 Å². The van der Waals surface area contributed by atoms with E-state index in [1.54, 1.807) is 37.8 Å². The Bertz CT molecular complexity index is 517. The summed E-state index contributed by atoms with van der Waals surface area (Å²) in [5.74, 6) is -0.171. The van der Waals surface area contributed by atoms with Gasteiger partial charge in [-0.15, -0.1) is 0 Å². The van der Waals surface area contributed by atoms with Crippen LogP contribution in [0.2, 0.25) is 0 Å². The second-order valence-electron chi connectivity index (χ2n) is 3.97. The summed E-state index contributed by atoms with van der Waals surface area (Å²) in [7, 11) is 1.59. The van der Waals surface area contributed by atoms with Crippen LogP contribution in [0.5, 0.6) is 0 Å². The number of pyridine rings is 2. The van der Waals surface area contributed by atoms with Crippen molar-refractivity contribution in [3.63, 3.8) is 0 Å². The smallest absolute Gasteiger partial charge is 0.252 e. The van der Waals surface area contributed by atoms with Crippen LogP contribution >= 0.6 is 0 Å². The topological polar surface area (TPSA) is 64.1 Å². The van der Waals surface area contributed by atoms with E-state index in [2.05, 4.69) is 15.3 Å². The zero-order chi connectivity index (χ0) is 13.5. The molecule has 19 heavy (non-hydrogen) atoms. The summed E-state index contributed by atoms with van der Waals surface area (Å²) in [6, 6.07) is 8.62. The summed E-state index contributed by atoms with van der Waals surface area (Å²) in [6.07, 6.45) is 4.86. The molecular formula is C14H15N3O2. The van der Waals surface area contributed by atoms with Crippen LogP contribution in [-0.2, 0) is 4.74 Å². The van der Waals surface area contributed by atoms with Gasteiger partial charge < -0.3 is 10.1 Å². The molecule has 1 amide bonds. The quantitative estimate of drug-likeness (QED) is 0.883. The highest BCUT2D eigenvalue weighted by Gasteiger charge is 2.16. The lowest BCUT2D eigenvalue weighted by Crippen LogP contribution is -2.31. The van der Waals surface area contributed by atoms with Crippen LogP contribution in [0.1, 0.15) is 22.1 Å². The lowest BCUT2D eigenvalue weighted by atomic mass is 10.1. The van der Waals surface area contributed by atoms with Gasteiger partial charge in [0.25, 0.3) is 5.91 Å². The molecule has 2 aromatic heterocycles. The number of methoxy groups -OCH3 is 1. The molecule has 0 bridgehead atoms. The van der Waals surface area contributed by atoms with Crippen molar-refractivity contribution in [1.82, 2.24) is 15.3 Å². The van der Waals surface area contributed by atoms with Gasteiger partial charge in [0.05, 0.1) is 18.3 Å². The molecule has 0 unspecified atom stereocenters. The van der Waals surface area contributed by atoms with E-state index in [1.165, 1.54) is 0 Å². The van der Waals surface area contributed by atoms with E-state index in [1.807, 2.05) is 18.2 Å². The van der Waals surface area contributed by atoms with E-state index in [0.717, 1.165) is 5.69 Å². The van der Waals surface area contributed by atoms with E-state index < -0.39 is 0 Å². The molecule has 0 radical (unpaired) electrons. The maximum Gasteiger partial charge on any atom is 0.252 e. The highest BCUT2D eigenvalue weighted by molar-refractivity contribution is 5.94. The summed E-state index contributed by atoms with van der Waals surface area (Å²) in [5, 5.41) is 2.90. The first kappa shape index (κ1) is 13.2. The van der Waals surface area contributed by atoms with Gasteiger partial charge in [-0.2, -0.15) is 0 Å². The van der Waals surface area contributed by atoms with Crippen LogP contribution in [0.15, 0.2) is 48.9 Å². The molecule has 5 heteroatoms. The molecule has 0 aliphatic heterocycles. The number of rotatable bonds is 5. The molecule has 0 fully saturated rings. The molecule has 2 aromatic rings. The predicted octanol–water partition coefficient (Wildman–Crippen LogP) is 1.59. The van der Waals surface area contributed by atoms with Gasteiger partial charge in [-0.05, 0) is 24.3 Å². The summed E-state index contributed by atoms with van der Waals surface area (Å²) in [4.78, 5) is 20.2. The van der Waals surface area contributed by atoms with E-state index in [-0.39, 0.29) is 11.9 Å². The Balaban J connectivity index is 2.11. The zero-order valence-electron chi connectivity index (χ0n) is 10.6. The molecule has 98 valence electrons. The number of hydrogen-bond acceptors (Lipinski definition) is 4. The molecule has 0 saturated heterocycles. The molecule has 1 atom stereocenters. The largest absolute Gasteiger partial charge is 0.382 e. The van der Waals surface area contributed by atoms with E-state index in [0.29, 0.717) is 12.2 Å². The molecule has 0 spiro atoms. The van der Waals surface area contributed by atoms with Gasteiger partial charge in [-0.3, -0.25) is 14.8 Å². The average molecular weight is 257 g/mol. The molecule has 0 aliphatic rings. The van der Waals surface area contributed by atoms with Crippen LogP contribution in [-0.4, -0.2) is 29.6 Å². The van der Waals surface area contributed by atoms with Gasteiger partial charge in [-0.1, -0.05) is 6.07 Å². The molecule has 0 saturated carbocycles. The van der Waals surface area contributed by atoms with Crippen molar-refractivity contribution >= 4 is 5.91 Å².